The minimum atomic E-state index is -0.465. The van der Waals surface area contributed by atoms with Crippen LogP contribution in [0.1, 0.15) is 5.56 Å². The molecule has 4 nitrogen and oxygen atoms in total. The van der Waals surface area contributed by atoms with Crippen LogP contribution in [-0.2, 0) is 4.79 Å². The maximum absolute atomic E-state index is 12.5. The zero-order chi connectivity index (χ0) is 17.4. The molecule has 0 atom stereocenters. The highest BCUT2D eigenvalue weighted by molar-refractivity contribution is 8.19. The van der Waals surface area contributed by atoms with Crippen LogP contribution in [-0.4, -0.2) is 16.3 Å². The fourth-order valence-electron chi connectivity index (χ4n) is 2.13. The van der Waals surface area contributed by atoms with Gasteiger partial charge in [0.15, 0.2) is 5.75 Å². The highest BCUT2D eigenvalue weighted by atomic mass is 35.5. The molecule has 1 heterocycles. The van der Waals surface area contributed by atoms with Crippen LogP contribution in [0.4, 0.5) is 10.5 Å². The van der Waals surface area contributed by atoms with Crippen molar-refractivity contribution in [2.24, 2.45) is 0 Å². The summed E-state index contributed by atoms with van der Waals surface area (Å²) in [6.07, 6.45) is 1.49. The number of hydrogen-bond donors (Lipinski definition) is 1. The van der Waals surface area contributed by atoms with Crippen molar-refractivity contribution in [1.82, 2.24) is 0 Å². The summed E-state index contributed by atoms with van der Waals surface area (Å²) < 4.78 is 0. The van der Waals surface area contributed by atoms with E-state index in [1.807, 2.05) is 0 Å². The van der Waals surface area contributed by atoms with Crippen LogP contribution >= 0.6 is 46.6 Å². The molecule has 0 aromatic heterocycles. The van der Waals surface area contributed by atoms with Crippen molar-refractivity contribution in [3.05, 3.63) is 61.9 Å². The molecule has 1 N–H and O–H groups in total. The predicted molar refractivity (Wildman–Crippen MR) is 98.0 cm³/mol. The number of amides is 2. The van der Waals surface area contributed by atoms with Gasteiger partial charge in [-0.25, -0.2) is 4.90 Å². The number of rotatable bonds is 2. The number of hydrogen-bond acceptors (Lipinski definition) is 4. The summed E-state index contributed by atoms with van der Waals surface area (Å²) in [5.74, 6) is -0.699. The van der Waals surface area contributed by atoms with Crippen molar-refractivity contribution < 1.29 is 14.7 Å². The normalized spacial score (nSPS) is 16.3. The van der Waals surface area contributed by atoms with E-state index < -0.39 is 11.1 Å². The fraction of sp³-hybridized carbons (Fsp3) is 0. The number of imide groups is 1. The van der Waals surface area contributed by atoms with Gasteiger partial charge in [0.1, 0.15) is 0 Å². The van der Waals surface area contributed by atoms with Crippen LogP contribution in [0, 0.1) is 0 Å². The molecule has 1 aliphatic heterocycles. The summed E-state index contributed by atoms with van der Waals surface area (Å²) >= 11 is 18.4. The average molecular weight is 401 g/mol. The van der Waals surface area contributed by atoms with E-state index in [-0.39, 0.29) is 20.7 Å². The number of benzene rings is 2. The summed E-state index contributed by atoms with van der Waals surface area (Å²) in [6.45, 7) is 0. The molecule has 2 aromatic rings. The smallest absolute Gasteiger partial charge is 0.298 e. The first-order valence-electron chi connectivity index (χ1n) is 6.58. The molecule has 24 heavy (non-hydrogen) atoms. The molecule has 2 amide bonds. The zero-order valence-electron chi connectivity index (χ0n) is 11.8. The lowest BCUT2D eigenvalue weighted by molar-refractivity contribution is -0.113. The van der Waals surface area contributed by atoms with Gasteiger partial charge in [-0.05, 0) is 53.7 Å². The van der Waals surface area contributed by atoms with Gasteiger partial charge in [-0.3, -0.25) is 9.59 Å². The quantitative estimate of drug-likeness (QED) is 0.667. The number of aromatic hydroxyl groups is 1. The third-order valence-corrected chi connectivity index (χ3v) is 4.88. The third kappa shape index (κ3) is 3.26. The minimum Gasteiger partial charge on any atom is -0.505 e. The lowest BCUT2D eigenvalue weighted by atomic mass is 10.2. The molecule has 3 rings (SSSR count). The van der Waals surface area contributed by atoms with E-state index in [0.29, 0.717) is 16.3 Å². The molecule has 2 aromatic carbocycles. The zero-order valence-corrected chi connectivity index (χ0v) is 14.9. The third-order valence-electron chi connectivity index (χ3n) is 3.20. The Kier molecular flexibility index (Phi) is 4.78. The topological polar surface area (TPSA) is 57.6 Å². The maximum atomic E-state index is 12.5. The summed E-state index contributed by atoms with van der Waals surface area (Å²) in [4.78, 5) is 26.0. The first-order chi connectivity index (χ1) is 11.4. The lowest BCUT2D eigenvalue weighted by Crippen LogP contribution is -2.27. The average Bonchev–Trinajstić information content (AvgIpc) is 2.79. The molecule has 8 heteroatoms. The Hall–Kier alpha value is -1.66. The molecule has 0 radical (unpaired) electrons. The number of phenols is 1. The van der Waals surface area contributed by atoms with E-state index in [2.05, 4.69) is 0 Å². The van der Waals surface area contributed by atoms with Crippen molar-refractivity contribution in [3.63, 3.8) is 0 Å². The van der Waals surface area contributed by atoms with Crippen molar-refractivity contribution in [1.29, 1.82) is 0 Å². The standard InChI is InChI=1S/C16H8Cl3NO3S/c17-9-2-1-3-10(7-9)20-15(22)13(24-16(20)23)6-8-4-11(18)14(21)12(19)5-8/h1-7,21H/b13-6-. The van der Waals surface area contributed by atoms with E-state index in [4.69, 9.17) is 34.8 Å². The van der Waals surface area contributed by atoms with Gasteiger partial charge in [0.2, 0.25) is 0 Å². The first kappa shape index (κ1) is 17.2. The Morgan fingerprint density at radius 2 is 1.71 bits per heavy atom. The Morgan fingerprint density at radius 1 is 1.04 bits per heavy atom. The predicted octanol–water partition coefficient (Wildman–Crippen LogP) is 5.59. The van der Waals surface area contributed by atoms with E-state index in [0.717, 1.165) is 16.7 Å². The van der Waals surface area contributed by atoms with Crippen LogP contribution in [0.15, 0.2) is 41.3 Å². The summed E-state index contributed by atoms with van der Waals surface area (Å²) in [7, 11) is 0. The van der Waals surface area contributed by atoms with E-state index >= 15 is 0 Å². The lowest BCUT2D eigenvalue weighted by Gasteiger charge is -2.12. The van der Waals surface area contributed by atoms with Crippen molar-refractivity contribution in [2.75, 3.05) is 4.90 Å². The Bertz CT molecular complexity index is 875. The van der Waals surface area contributed by atoms with E-state index in [9.17, 15) is 14.7 Å². The first-order valence-corrected chi connectivity index (χ1v) is 8.53. The fourth-order valence-corrected chi connectivity index (χ4v) is 3.66. The van der Waals surface area contributed by atoms with Gasteiger partial charge in [0, 0.05) is 5.02 Å². The minimum absolute atomic E-state index is 0.0582. The van der Waals surface area contributed by atoms with Gasteiger partial charge < -0.3 is 5.11 Å². The van der Waals surface area contributed by atoms with E-state index in [1.54, 1.807) is 18.2 Å². The van der Waals surface area contributed by atoms with E-state index in [1.165, 1.54) is 24.3 Å². The summed E-state index contributed by atoms with van der Waals surface area (Å²) in [6, 6.07) is 9.38. The monoisotopic (exact) mass is 399 g/mol. The molecule has 0 unspecified atom stereocenters. The number of thioether (sulfide) groups is 1. The van der Waals surface area contributed by atoms with Crippen LogP contribution in [0.3, 0.4) is 0 Å². The Balaban J connectivity index is 1.97. The van der Waals surface area contributed by atoms with Gasteiger partial charge in [0.25, 0.3) is 11.1 Å². The summed E-state index contributed by atoms with van der Waals surface area (Å²) in [5.41, 5.74) is 0.898. The van der Waals surface area contributed by atoms with Gasteiger partial charge in [0.05, 0.1) is 20.6 Å². The number of carbonyl (C=O) groups is 2. The SMILES string of the molecule is O=C1S/C(=C\c2cc(Cl)c(O)c(Cl)c2)C(=O)N1c1cccc(Cl)c1. The van der Waals surface area contributed by atoms with Crippen molar-refractivity contribution in [2.45, 2.75) is 0 Å². The molecule has 1 fully saturated rings. The van der Waals surface area contributed by atoms with Crippen LogP contribution in [0.25, 0.3) is 6.08 Å². The number of phenolic OH excluding ortho intramolecular Hbond substituents is 1. The maximum Gasteiger partial charge on any atom is 0.298 e. The number of halogens is 3. The highest BCUT2D eigenvalue weighted by Gasteiger charge is 2.36. The van der Waals surface area contributed by atoms with Crippen LogP contribution < -0.4 is 4.90 Å². The molecule has 1 aliphatic rings. The summed E-state index contributed by atoms with van der Waals surface area (Å²) in [5, 5.41) is 9.68. The number of carbonyl (C=O) groups excluding carboxylic acids is 2. The second kappa shape index (κ2) is 6.69. The second-order valence-electron chi connectivity index (χ2n) is 4.83. The molecule has 1 saturated heterocycles. The number of anilines is 1. The van der Waals surface area contributed by atoms with Crippen molar-refractivity contribution in [3.8, 4) is 5.75 Å². The van der Waals surface area contributed by atoms with Crippen molar-refractivity contribution >= 4 is 69.5 Å². The molecule has 0 aliphatic carbocycles. The van der Waals surface area contributed by atoms with Gasteiger partial charge in [-0.15, -0.1) is 0 Å². The van der Waals surface area contributed by atoms with Gasteiger partial charge >= 0.3 is 0 Å². The molecule has 122 valence electrons. The highest BCUT2D eigenvalue weighted by Crippen LogP contribution is 2.38. The number of nitrogens with zero attached hydrogens (tertiary/aromatic N) is 1. The molecule has 0 bridgehead atoms. The Morgan fingerprint density at radius 3 is 2.33 bits per heavy atom. The van der Waals surface area contributed by atoms with Gasteiger partial charge in [-0.2, -0.15) is 0 Å². The Labute approximate surface area is 156 Å². The molecular weight excluding hydrogens is 393 g/mol. The molecule has 0 saturated carbocycles. The largest absolute Gasteiger partial charge is 0.505 e. The van der Waals surface area contributed by atoms with Gasteiger partial charge in [-0.1, -0.05) is 40.9 Å². The van der Waals surface area contributed by atoms with Crippen LogP contribution in [0.5, 0.6) is 5.75 Å². The molecule has 0 spiro atoms. The second-order valence-corrected chi connectivity index (χ2v) is 7.07. The molecular formula is C16H8Cl3NO3S. The van der Waals surface area contributed by atoms with Crippen LogP contribution in [0.2, 0.25) is 15.1 Å².